The van der Waals surface area contributed by atoms with Crippen LogP contribution < -0.4 is 10.0 Å². The summed E-state index contributed by atoms with van der Waals surface area (Å²) in [5.74, 6) is -1.19. The molecule has 1 amide bonds. The quantitative estimate of drug-likeness (QED) is 0.929. The monoisotopic (exact) mass is 326 g/mol. The molecule has 0 spiro atoms. The maximum atomic E-state index is 14.1. The van der Waals surface area contributed by atoms with E-state index in [2.05, 4.69) is 0 Å². The first-order valence-corrected chi connectivity index (χ1v) is 7.74. The number of benzene rings is 1. The number of sulfonamides is 1. The van der Waals surface area contributed by atoms with Crippen LogP contribution in [0.3, 0.4) is 0 Å². The fourth-order valence-corrected chi connectivity index (χ4v) is 3.61. The van der Waals surface area contributed by atoms with Gasteiger partial charge in [-0.1, -0.05) is 6.07 Å². The number of hydrogen-bond acceptors (Lipinski definition) is 4. The van der Waals surface area contributed by atoms with Crippen LogP contribution in [-0.4, -0.2) is 21.4 Å². The second kappa shape index (κ2) is 5.45. The molecule has 118 valence electrons. The standard InChI is InChI=1S/C14H15FN2O4S/c1-8-7-12(9(2)21-8)22(19,20)17(3)13-10(14(16)18)5-4-6-11(13)15/h4-7H,1-3H3,(H2,16,18). The molecule has 1 heterocycles. The van der Waals surface area contributed by atoms with Gasteiger partial charge < -0.3 is 10.2 Å². The number of rotatable bonds is 4. The average molecular weight is 326 g/mol. The Kier molecular flexibility index (Phi) is 3.97. The second-order valence-electron chi connectivity index (χ2n) is 4.75. The van der Waals surface area contributed by atoms with Crippen LogP contribution in [0.15, 0.2) is 33.6 Å². The molecule has 8 heteroatoms. The largest absolute Gasteiger partial charge is 0.465 e. The van der Waals surface area contributed by atoms with Crippen molar-refractivity contribution in [2.75, 3.05) is 11.4 Å². The van der Waals surface area contributed by atoms with Gasteiger partial charge in [-0.3, -0.25) is 9.10 Å². The molecule has 2 N–H and O–H groups in total. The van der Waals surface area contributed by atoms with E-state index < -0.39 is 27.4 Å². The molecule has 0 aliphatic rings. The van der Waals surface area contributed by atoms with Crippen molar-refractivity contribution >= 4 is 21.6 Å². The van der Waals surface area contributed by atoms with Gasteiger partial charge in [0.15, 0.2) is 0 Å². The molecule has 1 aromatic carbocycles. The van der Waals surface area contributed by atoms with Crippen molar-refractivity contribution in [1.82, 2.24) is 0 Å². The minimum atomic E-state index is -4.09. The Morgan fingerprint density at radius 2 is 1.95 bits per heavy atom. The molecule has 0 bridgehead atoms. The van der Waals surface area contributed by atoms with Gasteiger partial charge in [0.25, 0.3) is 15.9 Å². The van der Waals surface area contributed by atoms with E-state index in [9.17, 15) is 17.6 Å². The Morgan fingerprint density at radius 3 is 2.45 bits per heavy atom. The fourth-order valence-electron chi connectivity index (χ4n) is 2.17. The molecule has 0 aliphatic carbocycles. The molecule has 0 aliphatic heterocycles. The van der Waals surface area contributed by atoms with Crippen molar-refractivity contribution in [2.24, 2.45) is 5.73 Å². The molecule has 0 fully saturated rings. The van der Waals surface area contributed by atoms with Crippen molar-refractivity contribution in [3.8, 4) is 0 Å². The summed E-state index contributed by atoms with van der Waals surface area (Å²) in [7, 11) is -2.93. The molecule has 0 unspecified atom stereocenters. The van der Waals surface area contributed by atoms with Gasteiger partial charge in [-0.05, 0) is 26.0 Å². The third-order valence-electron chi connectivity index (χ3n) is 3.20. The van der Waals surface area contributed by atoms with Gasteiger partial charge in [0.2, 0.25) is 0 Å². The highest BCUT2D eigenvalue weighted by Crippen LogP contribution is 2.30. The maximum Gasteiger partial charge on any atom is 0.267 e. The van der Waals surface area contributed by atoms with Crippen LogP contribution in [0.4, 0.5) is 10.1 Å². The average Bonchev–Trinajstić information content (AvgIpc) is 2.77. The van der Waals surface area contributed by atoms with Crippen LogP contribution in [0, 0.1) is 19.7 Å². The summed E-state index contributed by atoms with van der Waals surface area (Å²) in [6, 6.07) is 4.94. The van der Waals surface area contributed by atoms with Crippen LogP contribution in [0.5, 0.6) is 0 Å². The first kappa shape index (κ1) is 16.0. The fraction of sp³-hybridized carbons (Fsp3) is 0.214. The number of amides is 1. The number of nitrogens with zero attached hydrogens (tertiary/aromatic N) is 1. The smallest absolute Gasteiger partial charge is 0.267 e. The number of hydrogen-bond donors (Lipinski definition) is 1. The summed E-state index contributed by atoms with van der Waals surface area (Å²) in [5.41, 5.74) is 4.58. The molecule has 0 saturated heterocycles. The first-order chi connectivity index (χ1) is 10.2. The van der Waals surface area contributed by atoms with Gasteiger partial charge >= 0.3 is 0 Å². The molecule has 2 aromatic rings. The third kappa shape index (κ3) is 2.57. The number of halogens is 1. The zero-order valence-corrected chi connectivity index (χ0v) is 13.1. The van der Waals surface area contributed by atoms with E-state index >= 15 is 0 Å². The minimum absolute atomic E-state index is 0.0915. The summed E-state index contributed by atoms with van der Waals surface area (Å²) in [6.07, 6.45) is 0. The summed E-state index contributed by atoms with van der Waals surface area (Å²) in [6.45, 7) is 3.09. The zero-order chi connectivity index (χ0) is 16.7. The Balaban J connectivity index is 2.64. The van der Waals surface area contributed by atoms with Crippen LogP contribution in [-0.2, 0) is 10.0 Å². The van der Waals surface area contributed by atoms with Gasteiger partial charge in [-0.2, -0.15) is 0 Å². The topological polar surface area (TPSA) is 93.6 Å². The van der Waals surface area contributed by atoms with E-state index in [1.54, 1.807) is 6.92 Å². The van der Waals surface area contributed by atoms with E-state index in [1.165, 1.54) is 25.1 Å². The lowest BCUT2D eigenvalue weighted by Gasteiger charge is -2.21. The molecule has 0 saturated carbocycles. The van der Waals surface area contributed by atoms with E-state index in [0.717, 1.165) is 13.1 Å². The number of carbonyl (C=O) groups is 1. The van der Waals surface area contributed by atoms with Crippen molar-refractivity contribution in [3.63, 3.8) is 0 Å². The molecular formula is C14H15FN2O4S. The van der Waals surface area contributed by atoms with Crippen LogP contribution >= 0.6 is 0 Å². The van der Waals surface area contributed by atoms with Gasteiger partial charge in [0.1, 0.15) is 22.2 Å². The van der Waals surface area contributed by atoms with E-state index in [-0.39, 0.29) is 16.2 Å². The van der Waals surface area contributed by atoms with Crippen molar-refractivity contribution in [2.45, 2.75) is 18.7 Å². The molecule has 22 heavy (non-hydrogen) atoms. The highest BCUT2D eigenvalue weighted by atomic mass is 32.2. The molecule has 0 atom stereocenters. The van der Waals surface area contributed by atoms with E-state index in [0.29, 0.717) is 10.1 Å². The number of anilines is 1. The summed E-state index contributed by atoms with van der Waals surface area (Å²) >= 11 is 0. The predicted molar refractivity (Wildman–Crippen MR) is 78.7 cm³/mol. The molecule has 0 radical (unpaired) electrons. The lowest BCUT2D eigenvalue weighted by molar-refractivity contribution is 0.100. The maximum absolute atomic E-state index is 14.1. The van der Waals surface area contributed by atoms with Gasteiger partial charge in [-0.15, -0.1) is 0 Å². The number of para-hydroxylation sites is 1. The van der Waals surface area contributed by atoms with Gasteiger partial charge in [0, 0.05) is 13.1 Å². The number of carbonyl (C=O) groups excluding carboxylic acids is 1. The predicted octanol–water partition coefficient (Wildman–Crippen LogP) is 1.96. The summed E-state index contributed by atoms with van der Waals surface area (Å²) < 4.78 is 45.3. The zero-order valence-electron chi connectivity index (χ0n) is 12.3. The van der Waals surface area contributed by atoms with Crippen LogP contribution in [0.25, 0.3) is 0 Å². The van der Waals surface area contributed by atoms with Crippen molar-refractivity contribution in [1.29, 1.82) is 0 Å². The normalized spacial score (nSPS) is 11.5. The van der Waals surface area contributed by atoms with E-state index in [1.807, 2.05) is 0 Å². The van der Waals surface area contributed by atoms with Gasteiger partial charge in [-0.25, -0.2) is 12.8 Å². The number of nitrogens with two attached hydrogens (primary N) is 1. The summed E-state index contributed by atoms with van der Waals surface area (Å²) in [5, 5.41) is 0. The van der Waals surface area contributed by atoms with Crippen molar-refractivity contribution < 1.29 is 22.0 Å². The van der Waals surface area contributed by atoms with Crippen LogP contribution in [0.1, 0.15) is 21.9 Å². The molecule has 6 nitrogen and oxygen atoms in total. The Labute approximate surface area is 127 Å². The summed E-state index contributed by atoms with van der Waals surface area (Å²) in [4.78, 5) is 11.3. The number of primary amides is 1. The highest BCUT2D eigenvalue weighted by Gasteiger charge is 2.30. The SMILES string of the molecule is Cc1cc(S(=O)(=O)N(C)c2c(F)cccc2C(N)=O)c(C)o1. The van der Waals surface area contributed by atoms with Crippen LogP contribution in [0.2, 0.25) is 0 Å². The van der Waals surface area contributed by atoms with Gasteiger partial charge in [0.05, 0.1) is 11.3 Å². The second-order valence-corrected chi connectivity index (χ2v) is 6.69. The minimum Gasteiger partial charge on any atom is -0.465 e. The number of furan rings is 1. The van der Waals surface area contributed by atoms with E-state index in [4.69, 9.17) is 10.2 Å². The molecule has 1 aromatic heterocycles. The Hall–Kier alpha value is -2.35. The lowest BCUT2D eigenvalue weighted by atomic mass is 10.1. The Bertz CT molecular complexity index is 843. The van der Waals surface area contributed by atoms with Crippen molar-refractivity contribution in [3.05, 3.63) is 47.2 Å². The highest BCUT2D eigenvalue weighted by molar-refractivity contribution is 7.92. The lowest BCUT2D eigenvalue weighted by Crippen LogP contribution is -2.30. The first-order valence-electron chi connectivity index (χ1n) is 6.30. The third-order valence-corrected chi connectivity index (χ3v) is 5.07. The Morgan fingerprint density at radius 1 is 1.32 bits per heavy atom. The number of aryl methyl sites for hydroxylation is 2. The molecular weight excluding hydrogens is 311 g/mol. The molecule has 2 rings (SSSR count).